The summed E-state index contributed by atoms with van der Waals surface area (Å²) in [6.45, 7) is 1.09. The molecule has 0 amide bonds. The van der Waals surface area contributed by atoms with Gasteiger partial charge >= 0.3 is 0 Å². The van der Waals surface area contributed by atoms with E-state index in [1.54, 1.807) is 0 Å². The van der Waals surface area contributed by atoms with Crippen molar-refractivity contribution in [3.63, 3.8) is 0 Å². The van der Waals surface area contributed by atoms with E-state index >= 15 is 0 Å². The first-order chi connectivity index (χ1) is 8.77. The van der Waals surface area contributed by atoms with Gasteiger partial charge in [-0.25, -0.2) is 0 Å². The van der Waals surface area contributed by atoms with Gasteiger partial charge in [0.15, 0.2) is 0 Å². The smallest absolute Gasteiger partial charge is 0.137 e. The second kappa shape index (κ2) is 5.30. The van der Waals surface area contributed by atoms with Gasteiger partial charge in [0.1, 0.15) is 5.78 Å². The first-order valence-corrected chi connectivity index (χ1v) is 7.74. The lowest BCUT2D eigenvalue weighted by Crippen LogP contribution is -2.52. The molecule has 1 aliphatic heterocycles. The van der Waals surface area contributed by atoms with Crippen molar-refractivity contribution in [2.24, 2.45) is 5.92 Å². The molecule has 0 bridgehead atoms. The molecule has 0 aromatic carbocycles. The number of piperidine rings is 1. The first kappa shape index (κ1) is 12.6. The second-order valence-corrected chi connectivity index (χ2v) is 6.33. The summed E-state index contributed by atoms with van der Waals surface area (Å²) in [6, 6.07) is 0.773. The van der Waals surface area contributed by atoms with E-state index < -0.39 is 0 Å². The fourth-order valence-electron chi connectivity index (χ4n) is 4.38. The van der Waals surface area contributed by atoms with Crippen LogP contribution in [0.1, 0.15) is 57.8 Å². The molecule has 3 heteroatoms. The van der Waals surface area contributed by atoms with Crippen molar-refractivity contribution in [1.29, 1.82) is 0 Å². The number of aliphatic hydroxyl groups is 1. The van der Waals surface area contributed by atoms with Gasteiger partial charge in [0.2, 0.25) is 0 Å². The molecule has 2 aliphatic carbocycles. The van der Waals surface area contributed by atoms with E-state index in [0.29, 0.717) is 17.9 Å². The van der Waals surface area contributed by atoms with Crippen molar-refractivity contribution in [3.05, 3.63) is 0 Å². The molecule has 3 aliphatic rings. The monoisotopic (exact) mass is 251 g/mol. The Labute approximate surface area is 110 Å². The highest BCUT2D eigenvalue weighted by Gasteiger charge is 2.42. The van der Waals surface area contributed by atoms with Crippen LogP contribution < -0.4 is 0 Å². The normalized spacial score (nSPS) is 42.6. The van der Waals surface area contributed by atoms with Gasteiger partial charge in [-0.3, -0.25) is 9.69 Å². The molecule has 1 heterocycles. The van der Waals surface area contributed by atoms with Crippen molar-refractivity contribution < 1.29 is 9.90 Å². The number of nitrogens with zero attached hydrogens (tertiary/aromatic N) is 1. The highest BCUT2D eigenvalue weighted by molar-refractivity contribution is 5.83. The van der Waals surface area contributed by atoms with Crippen LogP contribution in [-0.2, 0) is 4.79 Å². The van der Waals surface area contributed by atoms with Gasteiger partial charge in [0.05, 0.1) is 6.10 Å². The van der Waals surface area contributed by atoms with E-state index in [0.717, 1.165) is 45.1 Å². The average Bonchev–Trinajstić information content (AvgIpc) is 2.98. The standard InChI is InChI=1S/C15H25NO2/c17-14-8-3-5-11(14)12-6-1-2-10-16(12)13-7-4-9-15(13)18/h11-13,15,18H,1-10H2. The number of carbonyl (C=O) groups is 1. The minimum atomic E-state index is -0.151. The molecule has 0 spiro atoms. The van der Waals surface area contributed by atoms with Crippen LogP contribution in [0.5, 0.6) is 0 Å². The van der Waals surface area contributed by atoms with Crippen LogP contribution in [0.15, 0.2) is 0 Å². The zero-order chi connectivity index (χ0) is 12.5. The number of aliphatic hydroxyl groups excluding tert-OH is 1. The summed E-state index contributed by atoms with van der Waals surface area (Å²) < 4.78 is 0. The summed E-state index contributed by atoms with van der Waals surface area (Å²) >= 11 is 0. The number of rotatable bonds is 2. The Kier molecular flexibility index (Phi) is 3.71. The first-order valence-electron chi connectivity index (χ1n) is 7.74. The van der Waals surface area contributed by atoms with Gasteiger partial charge in [-0.05, 0) is 51.5 Å². The van der Waals surface area contributed by atoms with E-state index in [2.05, 4.69) is 4.90 Å². The Morgan fingerprint density at radius 3 is 2.44 bits per heavy atom. The van der Waals surface area contributed by atoms with Crippen LogP contribution in [0.2, 0.25) is 0 Å². The van der Waals surface area contributed by atoms with Crippen molar-refractivity contribution in [2.45, 2.75) is 76.0 Å². The predicted octanol–water partition coefficient (Wildman–Crippen LogP) is 2.12. The van der Waals surface area contributed by atoms with Crippen LogP contribution in [0, 0.1) is 5.92 Å². The summed E-state index contributed by atoms with van der Waals surface area (Å²) in [6.07, 6.45) is 9.70. The molecule has 4 unspecified atom stereocenters. The zero-order valence-electron chi connectivity index (χ0n) is 11.2. The molecule has 0 radical (unpaired) electrons. The quantitative estimate of drug-likeness (QED) is 0.817. The minimum Gasteiger partial charge on any atom is -0.391 e. The third-order valence-corrected chi connectivity index (χ3v) is 5.28. The van der Waals surface area contributed by atoms with E-state index in [1.807, 2.05) is 0 Å². The van der Waals surface area contributed by atoms with Crippen molar-refractivity contribution >= 4 is 5.78 Å². The molecule has 3 nitrogen and oxygen atoms in total. The maximum absolute atomic E-state index is 12.0. The van der Waals surface area contributed by atoms with Crippen LogP contribution >= 0.6 is 0 Å². The Bertz CT molecular complexity index is 318. The molecule has 4 atom stereocenters. The third-order valence-electron chi connectivity index (χ3n) is 5.28. The molecular weight excluding hydrogens is 226 g/mol. The molecular formula is C15H25NO2. The van der Waals surface area contributed by atoms with Crippen LogP contribution in [0.25, 0.3) is 0 Å². The predicted molar refractivity (Wildman–Crippen MR) is 70.3 cm³/mol. The van der Waals surface area contributed by atoms with Gasteiger partial charge < -0.3 is 5.11 Å². The molecule has 2 saturated carbocycles. The lowest BCUT2D eigenvalue weighted by Gasteiger charge is -2.43. The van der Waals surface area contributed by atoms with Crippen LogP contribution in [0.4, 0.5) is 0 Å². The summed E-state index contributed by atoms with van der Waals surface area (Å²) in [4.78, 5) is 14.5. The summed E-state index contributed by atoms with van der Waals surface area (Å²) in [5, 5.41) is 10.1. The summed E-state index contributed by atoms with van der Waals surface area (Å²) in [5.41, 5.74) is 0. The van der Waals surface area contributed by atoms with E-state index in [9.17, 15) is 9.90 Å². The molecule has 0 aromatic heterocycles. The zero-order valence-corrected chi connectivity index (χ0v) is 11.2. The van der Waals surface area contributed by atoms with Gasteiger partial charge in [-0.2, -0.15) is 0 Å². The number of ketones is 1. The van der Waals surface area contributed by atoms with Crippen molar-refractivity contribution in [1.82, 2.24) is 4.90 Å². The lowest BCUT2D eigenvalue weighted by atomic mass is 9.87. The fraction of sp³-hybridized carbons (Fsp3) is 0.933. The minimum absolute atomic E-state index is 0.151. The molecule has 102 valence electrons. The maximum atomic E-state index is 12.0. The molecule has 18 heavy (non-hydrogen) atoms. The van der Waals surface area contributed by atoms with Gasteiger partial charge in [-0.15, -0.1) is 0 Å². The van der Waals surface area contributed by atoms with Crippen molar-refractivity contribution in [3.8, 4) is 0 Å². The molecule has 1 saturated heterocycles. The van der Waals surface area contributed by atoms with Crippen LogP contribution in [-0.4, -0.2) is 40.5 Å². The summed E-state index contributed by atoms with van der Waals surface area (Å²) in [5.74, 6) is 0.762. The SMILES string of the molecule is O=C1CCCC1C1CCCCN1C1CCCC1O. The van der Waals surface area contributed by atoms with Gasteiger partial charge in [-0.1, -0.05) is 6.42 Å². The van der Waals surface area contributed by atoms with Gasteiger partial charge in [0, 0.05) is 24.4 Å². The number of likely N-dealkylation sites (tertiary alicyclic amines) is 1. The van der Waals surface area contributed by atoms with Gasteiger partial charge in [0.25, 0.3) is 0 Å². The molecule has 1 N–H and O–H groups in total. The maximum Gasteiger partial charge on any atom is 0.137 e. The Morgan fingerprint density at radius 1 is 0.944 bits per heavy atom. The van der Waals surface area contributed by atoms with E-state index in [1.165, 1.54) is 19.3 Å². The van der Waals surface area contributed by atoms with Crippen molar-refractivity contribution in [2.75, 3.05) is 6.54 Å². The Balaban J connectivity index is 1.75. The number of carbonyl (C=O) groups excluding carboxylic acids is 1. The van der Waals surface area contributed by atoms with Crippen LogP contribution in [0.3, 0.4) is 0 Å². The molecule has 0 aromatic rings. The van der Waals surface area contributed by atoms with E-state index in [-0.39, 0.29) is 12.0 Å². The number of hydrogen-bond acceptors (Lipinski definition) is 3. The second-order valence-electron chi connectivity index (χ2n) is 6.33. The largest absolute Gasteiger partial charge is 0.391 e. The fourth-order valence-corrected chi connectivity index (χ4v) is 4.38. The number of Topliss-reactive ketones (excluding diaryl/α,β-unsaturated/α-hetero) is 1. The lowest BCUT2D eigenvalue weighted by molar-refractivity contribution is -0.124. The summed E-state index contributed by atoms with van der Waals surface area (Å²) in [7, 11) is 0. The highest BCUT2D eigenvalue weighted by atomic mass is 16.3. The molecule has 3 fully saturated rings. The molecule has 3 rings (SSSR count). The Hall–Kier alpha value is -0.410. The highest BCUT2D eigenvalue weighted by Crippen LogP contribution is 2.36. The topological polar surface area (TPSA) is 40.5 Å². The Morgan fingerprint density at radius 2 is 1.78 bits per heavy atom. The number of hydrogen-bond donors (Lipinski definition) is 1. The van der Waals surface area contributed by atoms with E-state index in [4.69, 9.17) is 0 Å². The third kappa shape index (κ3) is 2.23. The average molecular weight is 251 g/mol.